The fourth-order valence-corrected chi connectivity index (χ4v) is 2.86. The van der Waals surface area contributed by atoms with E-state index in [9.17, 15) is 18.0 Å². The molecule has 0 aliphatic heterocycles. The largest absolute Gasteiger partial charge is 0.481 e. The van der Waals surface area contributed by atoms with Crippen molar-refractivity contribution in [3.05, 3.63) is 59.5 Å². The molecule has 0 amide bonds. The molecule has 7 nitrogen and oxygen atoms in total. The average molecular weight is 446 g/mol. The summed E-state index contributed by atoms with van der Waals surface area (Å²) < 4.78 is 51.0. The van der Waals surface area contributed by atoms with E-state index in [2.05, 4.69) is 15.1 Å². The zero-order chi connectivity index (χ0) is 23.5. The Balaban J connectivity index is 2.01. The molecule has 1 aromatic carbocycles. The Morgan fingerprint density at radius 2 is 1.91 bits per heavy atom. The first-order valence-corrected chi connectivity index (χ1v) is 9.60. The summed E-state index contributed by atoms with van der Waals surface area (Å²) in [6, 6.07) is 6.81. The number of carbonyl (C=O) groups excluding carboxylic acids is 1. The smallest absolute Gasteiger partial charge is 0.416 e. The second-order valence-electron chi connectivity index (χ2n) is 7.22. The molecule has 0 aliphatic carbocycles. The summed E-state index contributed by atoms with van der Waals surface area (Å²) in [5, 5.41) is 4.21. The van der Waals surface area contributed by atoms with E-state index in [0.29, 0.717) is 17.0 Å². The summed E-state index contributed by atoms with van der Waals surface area (Å²) in [6.07, 6.45) is -0.731. The van der Waals surface area contributed by atoms with Gasteiger partial charge in [0.15, 0.2) is 5.82 Å². The second-order valence-corrected chi connectivity index (χ2v) is 7.22. The molecule has 0 aliphatic rings. The number of aryl methyl sites for hydroxylation is 1. The van der Waals surface area contributed by atoms with E-state index in [4.69, 9.17) is 9.47 Å². The van der Waals surface area contributed by atoms with Crippen molar-refractivity contribution < 1.29 is 27.4 Å². The molecule has 32 heavy (non-hydrogen) atoms. The van der Waals surface area contributed by atoms with E-state index in [1.54, 1.807) is 39.0 Å². The Bertz CT molecular complexity index is 1140. The first kappa shape index (κ1) is 23.0. The molecule has 0 atom stereocenters. The van der Waals surface area contributed by atoms with Crippen molar-refractivity contribution in [2.24, 2.45) is 0 Å². The second kappa shape index (κ2) is 9.21. The number of esters is 1. The summed E-state index contributed by atoms with van der Waals surface area (Å²) in [4.78, 5) is 20.8. The molecule has 0 saturated carbocycles. The highest BCUT2D eigenvalue weighted by Gasteiger charge is 2.31. The van der Waals surface area contributed by atoms with E-state index in [-0.39, 0.29) is 23.1 Å². The van der Waals surface area contributed by atoms with Crippen LogP contribution in [0.3, 0.4) is 0 Å². The first-order chi connectivity index (χ1) is 15.1. The monoisotopic (exact) mass is 446 g/mol. The fourth-order valence-electron chi connectivity index (χ4n) is 2.86. The number of hydrogen-bond donors (Lipinski definition) is 0. The van der Waals surface area contributed by atoms with Gasteiger partial charge >= 0.3 is 12.1 Å². The van der Waals surface area contributed by atoms with Crippen LogP contribution in [0.5, 0.6) is 5.88 Å². The van der Waals surface area contributed by atoms with Crippen molar-refractivity contribution in [3.8, 4) is 17.3 Å². The zero-order valence-electron chi connectivity index (χ0n) is 17.8. The van der Waals surface area contributed by atoms with Crippen LogP contribution in [0.1, 0.15) is 30.5 Å². The number of rotatable bonds is 6. The quantitative estimate of drug-likeness (QED) is 0.406. The van der Waals surface area contributed by atoms with Crippen molar-refractivity contribution in [2.75, 3.05) is 7.11 Å². The molecule has 3 rings (SSSR count). The average Bonchev–Trinajstić information content (AvgIpc) is 3.19. The predicted molar refractivity (Wildman–Crippen MR) is 111 cm³/mol. The van der Waals surface area contributed by atoms with Crippen LogP contribution in [-0.4, -0.2) is 38.9 Å². The van der Waals surface area contributed by atoms with Gasteiger partial charge in [-0.1, -0.05) is 0 Å². The van der Waals surface area contributed by atoms with Crippen molar-refractivity contribution in [1.29, 1.82) is 0 Å². The predicted octanol–water partition coefficient (Wildman–Crippen LogP) is 4.63. The Morgan fingerprint density at radius 3 is 2.50 bits per heavy atom. The minimum absolute atomic E-state index is 0.0832. The molecule has 2 aromatic heterocycles. The topological polar surface area (TPSA) is 79.1 Å². The Morgan fingerprint density at radius 1 is 1.16 bits per heavy atom. The first-order valence-electron chi connectivity index (χ1n) is 9.60. The molecule has 2 heterocycles. The minimum Gasteiger partial charge on any atom is -0.481 e. The van der Waals surface area contributed by atoms with Crippen molar-refractivity contribution in [3.63, 3.8) is 0 Å². The van der Waals surface area contributed by atoms with Gasteiger partial charge in [0, 0.05) is 29.6 Å². The number of carbonyl (C=O) groups is 1. The maximum Gasteiger partial charge on any atom is 0.416 e. The van der Waals surface area contributed by atoms with Crippen LogP contribution >= 0.6 is 0 Å². The van der Waals surface area contributed by atoms with Crippen molar-refractivity contribution >= 4 is 17.7 Å². The van der Waals surface area contributed by atoms with E-state index in [0.717, 1.165) is 12.1 Å². The molecule has 0 fully saturated rings. The molecule has 0 spiro atoms. The number of pyridine rings is 1. The number of halogens is 3. The van der Waals surface area contributed by atoms with E-state index < -0.39 is 17.7 Å². The van der Waals surface area contributed by atoms with Gasteiger partial charge in [-0.05, 0) is 50.6 Å². The number of methoxy groups -OCH3 is 1. The molecule has 0 bridgehead atoms. The molecular formula is C22H21F3N4O3. The van der Waals surface area contributed by atoms with Crippen LogP contribution in [0.25, 0.3) is 23.2 Å². The third-order valence-corrected chi connectivity index (χ3v) is 4.25. The summed E-state index contributed by atoms with van der Waals surface area (Å²) in [7, 11) is 1.47. The van der Waals surface area contributed by atoms with E-state index in [1.165, 1.54) is 30.5 Å². The number of aromatic nitrogens is 4. The van der Waals surface area contributed by atoms with Crippen molar-refractivity contribution in [1.82, 2.24) is 19.7 Å². The van der Waals surface area contributed by atoms with Gasteiger partial charge in [-0.3, -0.25) is 0 Å². The van der Waals surface area contributed by atoms with Crippen LogP contribution < -0.4 is 4.74 Å². The molecule has 10 heteroatoms. The van der Waals surface area contributed by atoms with Crippen LogP contribution in [0.15, 0.2) is 42.9 Å². The van der Waals surface area contributed by atoms with Gasteiger partial charge in [0.05, 0.1) is 24.4 Å². The van der Waals surface area contributed by atoms with Crippen LogP contribution in [0.2, 0.25) is 0 Å². The molecule has 0 N–H and O–H groups in total. The summed E-state index contributed by atoms with van der Waals surface area (Å²) in [5.74, 6) is -0.160. The lowest BCUT2D eigenvalue weighted by atomic mass is 10.1. The lowest BCUT2D eigenvalue weighted by Crippen LogP contribution is -2.14. The van der Waals surface area contributed by atoms with Gasteiger partial charge in [0.2, 0.25) is 5.88 Å². The number of nitrogens with zero attached hydrogens (tertiary/aromatic N) is 4. The summed E-state index contributed by atoms with van der Waals surface area (Å²) in [6.45, 7) is 4.99. The highest BCUT2D eigenvalue weighted by molar-refractivity contribution is 6.20. The van der Waals surface area contributed by atoms with Gasteiger partial charge < -0.3 is 9.47 Å². The molecule has 0 saturated heterocycles. The van der Waals surface area contributed by atoms with Gasteiger partial charge in [-0.2, -0.15) is 13.2 Å². The van der Waals surface area contributed by atoms with Crippen LogP contribution in [0, 0.1) is 6.92 Å². The zero-order valence-corrected chi connectivity index (χ0v) is 17.8. The third-order valence-electron chi connectivity index (χ3n) is 4.25. The third kappa shape index (κ3) is 5.51. The fraction of sp³-hybridized carbons (Fsp3) is 0.273. The van der Waals surface area contributed by atoms with Gasteiger partial charge in [-0.15, -0.1) is 5.10 Å². The molecular weight excluding hydrogens is 425 g/mol. The van der Waals surface area contributed by atoms with E-state index >= 15 is 0 Å². The maximum absolute atomic E-state index is 13.2. The van der Waals surface area contributed by atoms with Crippen LogP contribution in [-0.2, 0) is 15.7 Å². The SMILES string of the molecule is COc1ccc(/C(=C\n2cnc(-c3cc(C)cc(C(F)(F)F)c3)n2)C(=O)OC(C)C)cn1. The molecule has 0 radical (unpaired) electrons. The molecule has 3 aromatic rings. The highest BCUT2D eigenvalue weighted by atomic mass is 19.4. The Labute approximate surface area is 182 Å². The normalized spacial score (nSPS) is 12.2. The number of alkyl halides is 3. The minimum atomic E-state index is -4.49. The van der Waals surface area contributed by atoms with Gasteiger partial charge in [0.25, 0.3) is 0 Å². The molecule has 168 valence electrons. The molecule has 0 unspecified atom stereocenters. The van der Waals surface area contributed by atoms with Crippen molar-refractivity contribution in [2.45, 2.75) is 33.1 Å². The lowest BCUT2D eigenvalue weighted by molar-refractivity contribution is -0.140. The maximum atomic E-state index is 13.2. The number of benzene rings is 1. The lowest BCUT2D eigenvalue weighted by Gasteiger charge is -2.11. The van der Waals surface area contributed by atoms with Crippen LogP contribution in [0.4, 0.5) is 13.2 Å². The van der Waals surface area contributed by atoms with Gasteiger partial charge in [0.1, 0.15) is 6.33 Å². The summed E-state index contributed by atoms with van der Waals surface area (Å²) in [5.41, 5.74) is 0.438. The van der Waals surface area contributed by atoms with E-state index in [1.807, 2.05) is 0 Å². The summed E-state index contributed by atoms with van der Waals surface area (Å²) >= 11 is 0. The number of ether oxygens (including phenoxy) is 2. The number of hydrogen-bond acceptors (Lipinski definition) is 6. The highest BCUT2D eigenvalue weighted by Crippen LogP contribution is 2.32. The van der Waals surface area contributed by atoms with Gasteiger partial charge in [-0.25, -0.2) is 19.4 Å². The Kier molecular flexibility index (Phi) is 6.61. The Hall–Kier alpha value is -3.69. The standard InChI is InChI=1S/C22H21F3N4O3/c1-13(2)32-21(30)18(15-5-6-19(31-4)26-10-15)11-29-12-27-20(28-29)16-7-14(3)8-17(9-16)22(23,24)25/h5-13H,1-4H3/b18-11+.